The first-order valence-corrected chi connectivity index (χ1v) is 24.4. The van der Waals surface area contributed by atoms with Crippen molar-refractivity contribution in [3.63, 3.8) is 0 Å². The van der Waals surface area contributed by atoms with Gasteiger partial charge >= 0.3 is 6.09 Å². The lowest BCUT2D eigenvalue weighted by Gasteiger charge is -2.45. The second-order valence-corrected chi connectivity index (χ2v) is 20.3. The number of nitrogens with two attached hydrogens (primary N) is 1. The van der Waals surface area contributed by atoms with E-state index in [1.807, 2.05) is 11.8 Å². The monoisotopic (exact) mass is 970 g/mol. The number of carbonyl (C=O) groups is 7. The minimum absolute atomic E-state index is 0.0174. The van der Waals surface area contributed by atoms with Crippen LogP contribution in [0.4, 0.5) is 10.5 Å². The van der Waals surface area contributed by atoms with Crippen LogP contribution in [0.25, 0.3) is 0 Å². The number of anilines is 1. The molecule has 2 aromatic rings. The summed E-state index contributed by atoms with van der Waals surface area (Å²) in [6.07, 6.45) is 1.40. The molecule has 68 heavy (non-hydrogen) atoms. The van der Waals surface area contributed by atoms with E-state index in [0.29, 0.717) is 44.5 Å². The van der Waals surface area contributed by atoms with E-state index in [2.05, 4.69) is 36.8 Å². The lowest BCUT2D eigenvalue weighted by Crippen LogP contribution is -2.66. The molecular weight excluding hydrogens is 901 g/mol. The number of aryl methyl sites for hydroxylation is 1. The van der Waals surface area contributed by atoms with Gasteiger partial charge in [-0.2, -0.15) is 0 Å². The lowest BCUT2D eigenvalue weighted by molar-refractivity contribution is -0.140. The number of amides is 7. The first-order chi connectivity index (χ1) is 31.9. The fourth-order valence-corrected chi connectivity index (χ4v) is 9.37. The zero-order chi connectivity index (χ0) is 50.5. The molecule has 0 bridgehead atoms. The number of methoxy groups -OCH3 is 1. The number of ether oxygens (including phenoxy) is 2. The topological polar surface area (TPSA) is 289 Å². The summed E-state index contributed by atoms with van der Waals surface area (Å²) < 4.78 is 41.3. The van der Waals surface area contributed by atoms with E-state index in [1.165, 1.54) is 45.2 Å². The van der Waals surface area contributed by atoms with Crippen molar-refractivity contribution >= 4 is 57.2 Å². The SMILES string of the molecule is COc1ccc(NC(C)=O)cc1C(=O)NNC(=O)[C@H](CCCCN)NC(=O)[C@@H]1CCCN1[C@@H]1CN(C(=O)[C@@H](NC(=O)[C@H](C)NC(=O)OC(C)(C)C)C(C)C)CC[C@H]1NS(=O)(=O)c1ccc(C)cc1. The van der Waals surface area contributed by atoms with E-state index in [1.54, 1.807) is 57.7 Å². The third kappa shape index (κ3) is 15.6. The van der Waals surface area contributed by atoms with Crippen LogP contribution in [0.5, 0.6) is 5.75 Å². The van der Waals surface area contributed by atoms with Gasteiger partial charge in [-0.05, 0) is 122 Å². The molecule has 2 aliphatic rings. The van der Waals surface area contributed by atoms with Crippen LogP contribution in [0, 0.1) is 12.8 Å². The van der Waals surface area contributed by atoms with Crippen molar-refractivity contribution in [3.05, 3.63) is 53.6 Å². The van der Waals surface area contributed by atoms with E-state index in [4.69, 9.17) is 15.2 Å². The van der Waals surface area contributed by atoms with Gasteiger partial charge in [0.05, 0.1) is 23.6 Å². The molecule has 2 aliphatic heterocycles. The fourth-order valence-electron chi connectivity index (χ4n) is 8.06. The van der Waals surface area contributed by atoms with Crippen LogP contribution in [-0.4, -0.2) is 135 Å². The summed E-state index contributed by atoms with van der Waals surface area (Å²) >= 11 is 0. The first kappa shape index (κ1) is 54.8. The van der Waals surface area contributed by atoms with Gasteiger partial charge < -0.3 is 41.4 Å². The second-order valence-electron chi connectivity index (χ2n) is 18.6. The maximum absolute atomic E-state index is 14.4. The highest BCUT2D eigenvalue weighted by atomic mass is 32.2. The summed E-state index contributed by atoms with van der Waals surface area (Å²) in [5.74, 6) is -3.62. The third-order valence-electron chi connectivity index (χ3n) is 11.6. The maximum atomic E-state index is 14.4. The van der Waals surface area contributed by atoms with Crippen LogP contribution in [0.3, 0.4) is 0 Å². The number of piperidine rings is 1. The molecule has 22 heteroatoms. The van der Waals surface area contributed by atoms with E-state index >= 15 is 0 Å². The average Bonchev–Trinajstić information content (AvgIpc) is 3.76. The Labute approximate surface area is 399 Å². The van der Waals surface area contributed by atoms with Gasteiger partial charge in [0.2, 0.25) is 33.7 Å². The number of alkyl carbamates (subject to hydrolysis) is 1. The number of hydrogen-bond acceptors (Lipinski definition) is 13. The molecule has 2 heterocycles. The molecule has 0 spiro atoms. The van der Waals surface area contributed by atoms with Crippen molar-refractivity contribution in [1.29, 1.82) is 0 Å². The van der Waals surface area contributed by atoms with E-state index < -0.39 is 93.4 Å². The molecule has 0 aromatic heterocycles. The van der Waals surface area contributed by atoms with Crippen LogP contribution in [-0.2, 0) is 38.7 Å². The lowest BCUT2D eigenvalue weighted by atomic mass is 9.95. The van der Waals surface area contributed by atoms with Crippen molar-refractivity contribution in [2.24, 2.45) is 11.7 Å². The van der Waals surface area contributed by atoms with Gasteiger partial charge in [-0.3, -0.25) is 44.5 Å². The molecule has 7 amide bonds. The number of carbonyl (C=O) groups excluding carboxylic acids is 7. The Balaban J connectivity index is 1.58. The van der Waals surface area contributed by atoms with Crippen LogP contribution < -0.4 is 47.3 Å². The summed E-state index contributed by atoms with van der Waals surface area (Å²) in [5.41, 5.74) is 10.9. The standard InChI is InChI=1S/C46H70N10O11S/c1-27(2)39(51-40(58)29(4)48-45(63)67-46(6,7)8)44(62)55-24-21-34(54-68(64,65)32-18-15-28(3)16-19-32)37(26-55)56-23-12-14-36(56)43(61)50-35(13-10-11-22-47)42(60)53-52-41(59)33-25-31(49-30(5)57)17-20-38(33)66-9/h15-20,25,27,29,34-37,39,54H,10-14,21-24,26,47H2,1-9H3,(H,48,63)(H,49,57)(H,50,61)(H,51,58)(H,52,59)(H,53,60)/t29-,34+,35-,36-,37+,39-/m0/s1. The normalized spacial score (nSPS) is 18.9. The molecule has 376 valence electrons. The number of rotatable bonds is 19. The van der Waals surface area contributed by atoms with Crippen molar-refractivity contribution < 1.29 is 51.5 Å². The number of nitrogens with one attached hydrogen (secondary N) is 7. The van der Waals surface area contributed by atoms with Gasteiger partial charge in [-0.15, -0.1) is 0 Å². The Morgan fingerprint density at radius 2 is 1.57 bits per heavy atom. The summed E-state index contributed by atoms with van der Waals surface area (Å²) in [6.45, 7) is 14.0. The molecule has 0 unspecified atom stereocenters. The Hall–Kier alpha value is -5.84. The van der Waals surface area contributed by atoms with E-state index in [-0.39, 0.29) is 48.0 Å². The summed E-state index contributed by atoms with van der Waals surface area (Å²) in [6, 6.07) is 5.22. The molecule has 2 fully saturated rings. The van der Waals surface area contributed by atoms with Crippen LogP contribution in [0.2, 0.25) is 0 Å². The number of hydrogen-bond donors (Lipinski definition) is 8. The Kier molecular flexibility index (Phi) is 19.7. The number of nitrogens with zero attached hydrogens (tertiary/aromatic N) is 2. The number of sulfonamides is 1. The fraction of sp³-hybridized carbons (Fsp3) is 0.587. The first-order valence-electron chi connectivity index (χ1n) is 22.9. The number of benzene rings is 2. The quantitative estimate of drug-likeness (QED) is 0.0738. The summed E-state index contributed by atoms with van der Waals surface area (Å²) in [7, 11) is -2.72. The molecule has 2 saturated heterocycles. The van der Waals surface area contributed by atoms with Gasteiger partial charge in [0.15, 0.2) is 0 Å². The zero-order valence-corrected chi connectivity index (χ0v) is 41.3. The summed E-state index contributed by atoms with van der Waals surface area (Å²) in [4.78, 5) is 96.8. The molecular formula is C46H70N10O11S. The Bertz CT molecular complexity index is 2240. The molecule has 21 nitrogen and oxygen atoms in total. The zero-order valence-electron chi connectivity index (χ0n) is 40.5. The second kappa shape index (κ2) is 24.4. The smallest absolute Gasteiger partial charge is 0.408 e. The molecule has 4 rings (SSSR count). The van der Waals surface area contributed by atoms with E-state index in [9.17, 15) is 42.0 Å². The van der Waals surface area contributed by atoms with Crippen molar-refractivity contribution in [2.75, 3.05) is 38.6 Å². The number of hydrazine groups is 1. The van der Waals surface area contributed by atoms with Crippen LogP contribution >= 0.6 is 0 Å². The molecule has 0 radical (unpaired) electrons. The van der Waals surface area contributed by atoms with Gasteiger partial charge in [0, 0.05) is 37.8 Å². The number of unbranched alkanes of at least 4 members (excludes halogenated alkanes) is 1. The van der Waals surface area contributed by atoms with Crippen molar-refractivity contribution in [3.8, 4) is 5.75 Å². The molecule has 6 atom stereocenters. The minimum Gasteiger partial charge on any atom is -0.496 e. The predicted octanol–water partition coefficient (Wildman–Crippen LogP) is 1.80. The van der Waals surface area contributed by atoms with E-state index in [0.717, 1.165) is 5.56 Å². The maximum Gasteiger partial charge on any atom is 0.408 e. The van der Waals surface area contributed by atoms with Gasteiger partial charge in [-0.1, -0.05) is 31.5 Å². The minimum atomic E-state index is -4.09. The molecule has 0 saturated carbocycles. The highest BCUT2D eigenvalue weighted by molar-refractivity contribution is 7.89. The van der Waals surface area contributed by atoms with Gasteiger partial charge in [0.1, 0.15) is 29.5 Å². The summed E-state index contributed by atoms with van der Waals surface area (Å²) in [5, 5.41) is 10.7. The average molecular weight is 971 g/mol. The van der Waals surface area contributed by atoms with Gasteiger partial charge in [0.25, 0.3) is 11.8 Å². The predicted molar refractivity (Wildman–Crippen MR) is 253 cm³/mol. The Morgan fingerprint density at radius 1 is 0.882 bits per heavy atom. The van der Waals surface area contributed by atoms with Crippen molar-refractivity contribution in [2.45, 2.75) is 141 Å². The van der Waals surface area contributed by atoms with Crippen molar-refractivity contribution in [1.82, 2.24) is 41.3 Å². The third-order valence-corrected chi connectivity index (χ3v) is 13.1. The largest absolute Gasteiger partial charge is 0.496 e. The van der Waals surface area contributed by atoms with Crippen LogP contribution in [0.1, 0.15) is 103 Å². The Morgan fingerprint density at radius 3 is 2.19 bits per heavy atom. The highest BCUT2D eigenvalue weighted by Crippen LogP contribution is 2.29. The molecule has 0 aliphatic carbocycles. The highest BCUT2D eigenvalue weighted by Gasteiger charge is 2.45. The molecule has 2 aromatic carbocycles. The number of likely N-dealkylation sites (tertiary alicyclic amines) is 2. The van der Waals surface area contributed by atoms with Crippen LogP contribution in [0.15, 0.2) is 47.4 Å². The molecule has 9 N–H and O–H groups in total. The van der Waals surface area contributed by atoms with Gasteiger partial charge in [-0.25, -0.2) is 17.9 Å².